The van der Waals surface area contributed by atoms with E-state index in [0.717, 1.165) is 5.57 Å². The molecule has 0 aliphatic rings. The van der Waals surface area contributed by atoms with Crippen molar-refractivity contribution >= 4 is 12.3 Å². The van der Waals surface area contributed by atoms with Crippen LogP contribution in [0.3, 0.4) is 0 Å². The molecule has 0 heterocycles. The second-order valence-corrected chi connectivity index (χ2v) is 3.13. The quantitative estimate of drug-likeness (QED) is 0.418. The Morgan fingerprint density at radius 1 is 1.33 bits per heavy atom. The summed E-state index contributed by atoms with van der Waals surface area (Å²) in [6.45, 7) is 2.26. The molecule has 0 fully saturated rings. The molecule has 0 bridgehead atoms. The Hall–Kier alpha value is -1.90. The maximum absolute atomic E-state index is 11.6. The van der Waals surface area contributed by atoms with E-state index in [2.05, 4.69) is 4.74 Å². The van der Waals surface area contributed by atoms with Crippen molar-refractivity contribution in [2.75, 3.05) is 6.61 Å². The Kier molecular flexibility index (Phi) is 4.29. The van der Waals surface area contributed by atoms with Gasteiger partial charge in [-0.25, -0.2) is 0 Å². The molecule has 1 aromatic rings. The van der Waals surface area contributed by atoms with E-state index in [4.69, 9.17) is 0 Å². The minimum Gasteiger partial charge on any atom is -0.463 e. The first-order valence-electron chi connectivity index (χ1n) is 4.56. The molecule has 0 amide bonds. The smallest absolute Gasteiger partial charge is 0.293 e. The second kappa shape index (κ2) is 5.75. The molecule has 0 atom stereocenters. The molecule has 0 radical (unpaired) electrons. The van der Waals surface area contributed by atoms with Crippen molar-refractivity contribution in [2.45, 2.75) is 6.92 Å². The lowest BCUT2D eigenvalue weighted by Gasteiger charge is -1.99. The predicted octanol–water partition coefficient (Wildman–Crippen LogP) is 1.99. The molecule has 0 spiro atoms. The third-order valence-electron chi connectivity index (χ3n) is 1.81. The molecule has 0 aliphatic heterocycles. The molecule has 1 aromatic carbocycles. The van der Waals surface area contributed by atoms with Crippen LogP contribution in [0.1, 0.15) is 17.3 Å². The van der Waals surface area contributed by atoms with Crippen molar-refractivity contribution in [3.05, 3.63) is 47.5 Å². The van der Waals surface area contributed by atoms with Crippen LogP contribution < -0.4 is 0 Å². The summed E-state index contributed by atoms with van der Waals surface area (Å²) >= 11 is 0. The average molecular weight is 204 g/mol. The van der Waals surface area contributed by atoms with E-state index in [1.54, 1.807) is 31.2 Å². The van der Waals surface area contributed by atoms with Crippen LogP contribution in [0.2, 0.25) is 0 Å². The zero-order valence-corrected chi connectivity index (χ0v) is 8.47. The molecule has 0 saturated carbocycles. The van der Waals surface area contributed by atoms with Crippen molar-refractivity contribution in [1.29, 1.82) is 0 Å². The number of carbonyl (C=O) groups is 2. The van der Waals surface area contributed by atoms with E-state index in [9.17, 15) is 9.59 Å². The topological polar surface area (TPSA) is 43.4 Å². The van der Waals surface area contributed by atoms with Crippen LogP contribution in [0.4, 0.5) is 0 Å². The van der Waals surface area contributed by atoms with Gasteiger partial charge in [0, 0.05) is 5.56 Å². The van der Waals surface area contributed by atoms with Crippen LogP contribution in [0, 0.1) is 0 Å². The van der Waals surface area contributed by atoms with E-state index in [1.807, 2.05) is 6.07 Å². The third kappa shape index (κ3) is 3.77. The van der Waals surface area contributed by atoms with Gasteiger partial charge in [0.05, 0.1) is 0 Å². The van der Waals surface area contributed by atoms with Crippen LogP contribution in [0.5, 0.6) is 0 Å². The van der Waals surface area contributed by atoms with E-state index in [-0.39, 0.29) is 12.4 Å². The maximum atomic E-state index is 11.6. The number of ether oxygens (including phenoxy) is 1. The standard InChI is InChI=1S/C12H12O3/c1-10(8-15-9-13)7-12(14)11-5-3-2-4-6-11/h2-7,9H,8H2,1H3/b10-7+. The fourth-order valence-electron chi connectivity index (χ4n) is 1.12. The summed E-state index contributed by atoms with van der Waals surface area (Å²) in [6.07, 6.45) is 1.47. The van der Waals surface area contributed by atoms with Crippen LogP contribution >= 0.6 is 0 Å². The van der Waals surface area contributed by atoms with Crippen LogP contribution in [-0.4, -0.2) is 18.9 Å². The number of hydrogen-bond donors (Lipinski definition) is 0. The van der Waals surface area contributed by atoms with Gasteiger partial charge in [0.1, 0.15) is 6.61 Å². The van der Waals surface area contributed by atoms with Crippen LogP contribution in [0.25, 0.3) is 0 Å². The highest BCUT2D eigenvalue weighted by atomic mass is 16.5. The lowest BCUT2D eigenvalue weighted by Crippen LogP contribution is -1.99. The molecule has 3 nitrogen and oxygen atoms in total. The van der Waals surface area contributed by atoms with E-state index in [0.29, 0.717) is 12.0 Å². The first kappa shape index (κ1) is 11.2. The number of carbonyl (C=O) groups excluding carboxylic acids is 2. The second-order valence-electron chi connectivity index (χ2n) is 3.13. The molecule has 1 rings (SSSR count). The molecular weight excluding hydrogens is 192 g/mol. The summed E-state index contributed by atoms with van der Waals surface area (Å²) in [7, 11) is 0. The highest BCUT2D eigenvalue weighted by molar-refractivity contribution is 6.04. The van der Waals surface area contributed by atoms with Crippen molar-refractivity contribution in [3.63, 3.8) is 0 Å². The van der Waals surface area contributed by atoms with Gasteiger partial charge in [0.15, 0.2) is 5.78 Å². The minimum atomic E-state index is -0.0809. The molecular formula is C12H12O3. The highest BCUT2D eigenvalue weighted by Crippen LogP contribution is 2.03. The summed E-state index contributed by atoms with van der Waals surface area (Å²) in [4.78, 5) is 21.5. The van der Waals surface area contributed by atoms with Gasteiger partial charge in [-0.2, -0.15) is 0 Å². The highest BCUT2D eigenvalue weighted by Gasteiger charge is 2.01. The number of allylic oxidation sites excluding steroid dienone is 1. The Labute approximate surface area is 88.4 Å². The summed E-state index contributed by atoms with van der Waals surface area (Å²) in [5.74, 6) is -0.0809. The maximum Gasteiger partial charge on any atom is 0.293 e. The lowest BCUT2D eigenvalue weighted by atomic mass is 10.1. The molecule has 15 heavy (non-hydrogen) atoms. The van der Waals surface area contributed by atoms with Gasteiger partial charge in [-0.05, 0) is 18.6 Å². The molecule has 3 heteroatoms. The monoisotopic (exact) mass is 204 g/mol. The van der Waals surface area contributed by atoms with Gasteiger partial charge in [-0.1, -0.05) is 30.3 Å². The Morgan fingerprint density at radius 3 is 2.60 bits per heavy atom. The van der Waals surface area contributed by atoms with E-state index in [1.165, 1.54) is 6.08 Å². The first-order chi connectivity index (χ1) is 7.24. The molecule has 0 N–H and O–H groups in total. The average Bonchev–Trinajstić information content (AvgIpc) is 2.27. The number of benzene rings is 1. The van der Waals surface area contributed by atoms with Crippen molar-refractivity contribution < 1.29 is 14.3 Å². The van der Waals surface area contributed by atoms with Gasteiger partial charge in [-0.15, -0.1) is 0 Å². The van der Waals surface area contributed by atoms with Crippen molar-refractivity contribution in [3.8, 4) is 0 Å². The van der Waals surface area contributed by atoms with Gasteiger partial charge in [0.2, 0.25) is 0 Å². The largest absolute Gasteiger partial charge is 0.463 e. The van der Waals surface area contributed by atoms with Gasteiger partial charge in [0.25, 0.3) is 6.47 Å². The SMILES string of the molecule is C/C(=C\C(=O)c1ccccc1)COC=O. The van der Waals surface area contributed by atoms with Crippen molar-refractivity contribution in [2.24, 2.45) is 0 Å². The molecule has 0 saturated heterocycles. The van der Waals surface area contributed by atoms with Crippen LogP contribution in [-0.2, 0) is 9.53 Å². The Morgan fingerprint density at radius 2 is 2.00 bits per heavy atom. The minimum absolute atomic E-state index is 0.0809. The van der Waals surface area contributed by atoms with Crippen molar-refractivity contribution in [1.82, 2.24) is 0 Å². The number of ketones is 1. The third-order valence-corrected chi connectivity index (χ3v) is 1.81. The summed E-state index contributed by atoms with van der Waals surface area (Å²) in [5.41, 5.74) is 1.35. The van der Waals surface area contributed by atoms with Gasteiger partial charge in [-0.3, -0.25) is 9.59 Å². The first-order valence-corrected chi connectivity index (χ1v) is 4.56. The van der Waals surface area contributed by atoms with Crippen LogP contribution in [0.15, 0.2) is 42.0 Å². The zero-order chi connectivity index (χ0) is 11.1. The summed E-state index contributed by atoms with van der Waals surface area (Å²) in [5, 5.41) is 0. The summed E-state index contributed by atoms with van der Waals surface area (Å²) < 4.78 is 4.53. The number of rotatable bonds is 5. The molecule has 78 valence electrons. The molecule has 0 aromatic heterocycles. The Bertz CT molecular complexity index is 366. The lowest BCUT2D eigenvalue weighted by molar-refractivity contribution is -0.127. The summed E-state index contributed by atoms with van der Waals surface area (Å²) in [6, 6.07) is 8.94. The molecule has 0 aliphatic carbocycles. The fraction of sp³-hybridized carbons (Fsp3) is 0.167. The predicted molar refractivity (Wildman–Crippen MR) is 56.5 cm³/mol. The van der Waals surface area contributed by atoms with E-state index < -0.39 is 0 Å². The van der Waals surface area contributed by atoms with Gasteiger partial charge < -0.3 is 4.74 Å². The Balaban J connectivity index is 2.66. The normalized spacial score (nSPS) is 10.9. The van der Waals surface area contributed by atoms with E-state index >= 15 is 0 Å². The fourth-order valence-corrected chi connectivity index (χ4v) is 1.12. The van der Waals surface area contributed by atoms with Gasteiger partial charge >= 0.3 is 0 Å². The molecule has 0 unspecified atom stereocenters. The zero-order valence-electron chi connectivity index (χ0n) is 8.47. The number of hydrogen-bond acceptors (Lipinski definition) is 3.